The van der Waals surface area contributed by atoms with Crippen LogP contribution in [-0.4, -0.2) is 42.8 Å². The Kier molecular flexibility index (Phi) is 8.75. The van der Waals surface area contributed by atoms with Crippen molar-refractivity contribution < 1.29 is 14.4 Å². The van der Waals surface area contributed by atoms with Crippen molar-refractivity contribution in [3.8, 4) is 0 Å². The smallest absolute Gasteiger partial charge is 0.253 e. The summed E-state index contributed by atoms with van der Waals surface area (Å²) in [6.45, 7) is 5.90. The van der Waals surface area contributed by atoms with Gasteiger partial charge in [0.25, 0.3) is 5.91 Å². The van der Waals surface area contributed by atoms with Crippen LogP contribution in [0, 0.1) is 13.8 Å². The molecule has 3 aromatic carbocycles. The molecule has 3 aromatic rings. The zero-order valence-electron chi connectivity index (χ0n) is 20.6. The van der Waals surface area contributed by atoms with E-state index in [0.29, 0.717) is 11.3 Å². The third kappa shape index (κ3) is 7.25. The molecule has 3 rings (SSSR count). The molecule has 3 N–H and O–H groups in total. The summed E-state index contributed by atoms with van der Waals surface area (Å²) in [7, 11) is 1.70. The third-order valence-electron chi connectivity index (χ3n) is 5.80. The van der Waals surface area contributed by atoms with Gasteiger partial charge in [0.15, 0.2) is 0 Å². The van der Waals surface area contributed by atoms with Crippen molar-refractivity contribution in [2.24, 2.45) is 0 Å². The molecule has 0 saturated heterocycles. The highest BCUT2D eigenvalue weighted by Gasteiger charge is 2.17. The Morgan fingerprint density at radius 2 is 1.34 bits per heavy atom. The number of nitrogens with zero attached hydrogens (tertiary/aromatic N) is 1. The molecule has 3 amide bonds. The number of benzene rings is 3. The summed E-state index contributed by atoms with van der Waals surface area (Å²) in [6.07, 6.45) is 0. The average molecular weight is 473 g/mol. The van der Waals surface area contributed by atoms with Gasteiger partial charge in [-0.2, -0.15) is 0 Å². The minimum absolute atomic E-state index is 0.00338. The molecule has 0 unspecified atom stereocenters. The minimum atomic E-state index is -0.316. The minimum Gasteiger partial charge on any atom is -0.345 e. The molecule has 7 heteroatoms. The number of aryl methyl sites for hydroxylation is 1. The fourth-order valence-electron chi connectivity index (χ4n) is 3.70. The SMILES string of the molecule is Cc1cccc(NC(=O)CN(C)CC(=O)Nc2ccccc2C(=O)N[C@H](C)c2ccccc2)c1C. The van der Waals surface area contributed by atoms with E-state index in [9.17, 15) is 14.4 Å². The number of amides is 3. The van der Waals surface area contributed by atoms with Gasteiger partial charge in [0.05, 0.1) is 30.4 Å². The standard InChI is InChI=1S/C28H32N4O3/c1-19-11-10-16-24(20(19)2)30-26(33)17-32(4)18-27(34)31-25-15-9-8-14-23(25)28(35)29-21(3)22-12-6-5-7-13-22/h5-16,21H,17-18H2,1-4H3,(H,29,35)(H,30,33)(H,31,34)/t21-/m1/s1. The van der Waals surface area contributed by atoms with E-state index in [2.05, 4.69) is 16.0 Å². The van der Waals surface area contributed by atoms with E-state index < -0.39 is 0 Å². The molecular weight excluding hydrogens is 440 g/mol. The third-order valence-corrected chi connectivity index (χ3v) is 5.80. The molecule has 35 heavy (non-hydrogen) atoms. The van der Waals surface area contributed by atoms with Crippen molar-refractivity contribution in [2.75, 3.05) is 30.8 Å². The Balaban J connectivity index is 1.56. The van der Waals surface area contributed by atoms with E-state index in [1.165, 1.54) is 0 Å². The second-order valence-electron chi connectivity index (χ2n) is 8.67. The maximum absolute atomic E-state index is 12.9. The van der Waals surface area contributed by atoms with Gasteiger partial charge in [-0.1, -0.05) is 54.6 Å². The number of hydrogen-bond acceptors (Lipinski definition) is 4. The summed E-state index contributed by atoms with van der Waals surface area (Å²) in [5.41, 5.74) is 4.65. The molecule has 0 aliphatic rings. The first-order chi connectivity index (χ1) is 16.7. The quantitative estimate of drug-likeness (QED) is 0.433. The van der Waals surface area contributed by atoms with Crippen molar-refractivity contribution in [1.29, 1.82) is 0 Å². The van der Waals surface area contributed by atoms with Crippen LogP contribution in [0.25, 0.3) is 0 Å². The lowest BCUT2D eigenvalue weighted by Crippen LogP contribution is -2.36. The van der Waals surface area contributed by atoms with E-state index in [0.717, 1.165) is 22.4 Å². The van der Waals surface area contributed by atoms with Crippen LogP contribution in [0.1, 0.15) is 40.0 Å². The van der Waals surface area contributed by atoms with Gasteiger partial charge in [-0.05, 0) is 62.7 Å². The number of nitrogens with one attached hydrogen (secondary N) is 3. The molecule has 0 bridgehead atoms. The first kappa shape index (κ1) is 25.6. The highest BCUT2D eigenvalue weighted by atomic mass is 16.2. The van der Waals surface area contributed by atoms with Crippen LogP contribution in [0.2, 0.25) is 0 Å². The van der Waals surface area contributed by atoms with Gasteiger partial charge in [0.1, 0.15) is 0 Å². The van der Waals surface area contributed by atoms with Crippen molar-refractivity contribution in [3.05, 3.63) is 95.1 Å². The van der Waals surface area contributed by atoms with E-state index in [1.807, 2.05) is 69.3 Å². The monoisotopic (exact) mass is 472 g/mol. The van der Waals surface area contributed by atoms with Crippen molar-refractivity contribution >= 4 is 29.1 Å². The van der Waals surface area contributed by atoms with Crippen LogP contribution in [0.5, 0.6) is 0 Å². The molecule has 0 heterocycles. The molecule has 0 spiro atoms. The summed E-state index contributed by atoms with van der Waals surface area (Å²) < 4.78 is 0. The second kappa shape index (κ2) is 11.9. The fraction of sp³-hybridized carbons (Fsp3) is 0.250. The Hall–Kier alpha value is -3.97. The van der Waals surface area contributed by atoms with E-state index in [1.54, 1.807) is 36.2 Å². The zero-order chi connectivity index (χ0) is 25.4. The number of rotatable bonds is 9. The Morgan fingerprint density at radius 1 is 0.771 bits per heavy atom. The van der Waals surface area contributed by atoms with Gasteiger partial charge in [-0.15, -0.1) is 0 Å². The van der Waals surface area contributed by atoms with Gasteiger partial charge < -0.3 is 16.0 Å². The van der Waals surface area contributed by atoms with Crippen LogP contribution >= 0.6 is 0 Å². The topological polar surface area (TPSA) is 90.5 Å². The molecule has 0 aliphatic heterocycles. The molecule has 7 nitrogen and oxygen atoms in total. The maximum Gasteiger partial charge on any atom is 0.253 e. The van der Waals surface area contributed by atoms with Crippen molar-refractivity contribution in [1.82, 2.24) is 10.2 Å². The van der Waals surface area contributed by atoms with Gasteiger partial charge in [-0.25, -0.2) is 0 Å². The Labute approximate surface area is 206 Å². The Bertz CT molecular complexity index is 1190. The van der Waals surface area contributed by atoms with E-state index >= 15 is 0 Å². The number of hydrogen-bond donors (Lipinski definition) is 3. The predicted octanol–water partition coefficient (Wildman–Crippen LogP) is 4.30. The molecule has 0 aromatic heterocycles. The number of likely N-dealkylation sites (N-methyl/N-ethyl adjacent to an activating group) is 1. The normalized spacial score (nSPS) is 11.6. The van der Waals surface area contributed by atoms with Gasteiger partial charge in [0, 0.05) is 5.69 Å². The van der Waals surface area contributed by atoms with Crippen LogP contribution in [0.15, 0.2) is 72.8 Å². The maximum atomic E-state index is 12.9. The fourth-order valence-corrected chi connectivity index (χ4v) is 3.70. The highest BCUT2D eigenvalue weighted by Crippen LogP contribution is 2.19. The van der Waals surface area contributed by atoms with Gasteiger partial charge >= 0.3 is 0 Å². The molecule has 0 radical (unpaired) electrons. The second-order valence-corrected chi connectivity index (χ2v) is 8.67. The number of anilines is 2. The van der Waals surface area contributed by atoms with Crippen LogP contribution < -0.4 is 16.0 Å². The Morgan fingerprint density at radius 3 is 2.03 bits per heavy atom. The summed E-state index contributed by atoms with van der Waals surface area (Å²) in [5.74, 6) is -0.800. The number of carbonyl (C=O) groups excluding carboxylic acids is 3. The highest BCUT2D eigenvalue weighted by molar-refractivity contribution is 6.04. The number of carbonyl (C=O) groups is 3. The van der Waals surface area contributed by atoms with Crippen molar-refractivity contribution in [3.63, 3.8) is 0 Å². The largest absolute Gasteiger partial charge is 0.345 e. The molecular formula is C28H32N4O3. The van der Waals surface area contributed by atoms with Gasteiger partial charge in [0.2, 0.25) is 11.8 Å². The lowest BCUT2D eigenvalue weighted by molar-refractivity contribution is -0.119. The molecule has 182 valence electrons. The average Bonchev–Trinajstić information content (AvgIpc) is 2.82. The first-order valence-corrected chi connectivity index (χ1v) is 11.5. The lowest BCUT2D eigenvalue weighted by Gasteiger charge is -2.18. The van der Waals surface area contributed by atoms with Crippen LogP contribution in [-0.2, 0) is 9.59 Å². The lowest BCUT2D eigenvalue weighted by atomic mass is 10.1. The first-order valence-electron chi connectivity index (χ1n) is 11.5. The molecule has 0 fully saturated rings. The molecule has 0 saturated carbocycles. The summed E-state index contributed by atoms with van der Waals surface area (Å²) >= 11 is 0. The summed E-state index contributed by atoms with van der Waals surface area (Å²) in [6, 6.07) is 22.1. The molecule has 0 aliphatic carbocycles. The summed E-state index contributed by atoms with van der Waals surface area (Å²) in [4.78, 5) is 39.6. The summed E-state index contributed by atoms with van der Waals surface area (Å²) in [5, 5.41) is 8.67. The zero-order valence-corrected chi connectivity index (χ0v) is 20.6. The molecule has 1 atom stereocenters. The van der Waals surface area contributed by atoms with Crippen LogP contribution in [0.4, 0.5) is 11.4 Å². The predicted molar refractivity (Wildman–Crippen MR) is 139 cm³/mol. The van der Waals surface area contributed by atoms with Crippen LogP contribution in [0.3, 0.4) is 0 Å². The number of para-hydroxylation sites is 1. The van der Waals surface area contributed by atoms with E-state index in [-0.39, 0.29) is 36.9 Å². The van der Waals surface area contributed by atoms with Gasteiger partial charge in [-0.3, -0.25) is 19.3 Å². The van der Waals surface area contributed by atoms with E-state index in [4.69, 9.17) is 0 Å². The van der Waals surface area contributed by atoms with Crippen molar-refractivity contribution in [2.45, 2.75) is 26.8 Å².